The molecule has 1 aromatic heterocycles. The summed E-state index contributed by atoms with van der Waals surface area (Å²) in [7, 11) is 0. The lowest BCUT2D eigenvalue weighted by atomic mass is 10.1. The Hall–Kier alpha value is -2.68. The Morgan fingerprint density at radius 2 is 2.00 bits per heavy atom. The molecule has 0 bridgehead atoms. The van der Waals surface area contributed by atoms with Crippen molar-refractivity contribution in [2.75, 3.05) is 0 Å². The molecule has 0 saturated carbocycles. The van der Waals surface area contributed by atoms with Gasteiger partial charge in [0.1, 0.15) is 5.82 Å². The number of aromatic nitrogens is 2. The van der Waals surface area contributed by atoms with Crippen molar-refractivity contribution in [2.24, 2.45) is 0 Å². The molecule has 3 nitrogen and oxygen atoms in total. The van der Waals surface area contributed by atoms with Gasteiger partial charge in [-0.05, 0) is 43.2 Å². The number of ketones is 1. The van der Waals surface area contributed by atoms with E-state index in [-0.39, 0.29) is 5.78 Å². The third-order valence-electron chi connectivity index (χ3n) is 3.40. The van der Waals surface area contributed by atoms with Crippen LogP contribution in [0, 0.1) is 6.92 Å². The number of nitrogens with zero attached hydrogens (tertiary/aromatic N) is 1. The maximum Gasteiger partial charge on any atom is 0.152 e. The van der Waals surface area contributed by atoms with Crippen LogP contribution in [0.5, 0.6) is 0 Å². The van der Waals surface area contributed by atoms with E-state index in [1.54, 1.807) is 13.0 Å². The molecule has 1 N–H and O–H groups in total. The van der Waals surface area contributed by atoms with E-state index in [0.29, 0.717) is 0 Å². The van der Waals surface area contributed by atoms with Crippen molar-refractivity contribution >= 4 is 22.9 Å². The monoisotopic (exact) mass is 276 g/mol. The van der Waals surface area contributed by atoms with E-state index in [1.165, 1.54) is 5.56 Å². The van der Waals surface area contributed by atoms with Crippen molar-refractivity contribution in [1.82, 2.24) is 9.97 Å². The maximum absolute atomic E-state index is 11.0. The molecule has 21 heavy (non-hydrogen) atoms. The summed E-state index contributed by atoms with van der Waals surface area (Å²) < 4.78 is 0. The SMILES string of the molecule is CC(=O)/C=C/c1cccc(-c2nc3cccc(C)c3[nH]2)c1. The fourth-order valence-electron chi connectivity index (χ4n) is 2.31. The summed E-state index contributed by atoms with van der Waals surface area (Å²) in [4.78, 5) is 19.0. The zero-order valence-electron chi connectivity index (χ0n) is 12.1. The number of carbonyl (C=O) groups is 1. The molecule has 1 heterocycles. The van der Waals surface area contributed by atoms with Gasteiger partial charge in [0, 0.05) is 5.56 Å². The van der Waals surface area contributed by atoms with Crippen molar-refractivity contribution in [1.29, 1.82) is 0 Å². The minimum absolute atomic E-state index is 0.0414. The summed E-state index contributed by atoms with van der Waals surface area (Å²) in [5.41, 5.74) is 5.21. The molecule has 3 heteroatoms. The van der Waals surface area contributed by atoms with Crippen LogP contribution in [0.3, 0.4) is 0 Å². The van der Waals surface area contributed by atoms with Crippen molar-refractivity contribution in [3.63, 3.8) is 0 Å². The quantitative estimate of drug-likeness (QED) is 0.731. The number of aryl methyl sites for hydroxylation is 1. The van der Waals surface area contributed by atoms with E-state index < -0.39 is 0 Å². The largest absolute Gasteiger partial charge is 0.338 e. The first-order valence-electron chi connectivity index (χ1n) is 6.88. The molecule has 0 aliphatic carbocycles. The van der Waals surface area contributed by atoms with Crippen LogP contribution in [0.25, 0.3) is 28.5 Å². The summed E-state index contributed by atoms with van der Waals surface area (Å²) in [5.74, 6) is 0.886. The van der Waals surface area contributed by atoms with E-state index in [9.17, 15) is 4.79 Å². The van der Waals surface area contributed by atoms with Crippen molar-refractivity contribution in [2.45, 2.75) is 13.8 Å². The van der Waals surface area contributed by atoms with E-state index in [4.69, 9.17) is 0 Å². The smallest absolute Gasteiger partial charge is 0.152 e. The van der Waals surface area contributed by atoms with Crippen molar-refractivity contribution in [3.05, 3.63) is 59.7 Å². The molecule has 104 valence electrons. The molecule has 2 aromatic carbocycles. The van der Waals surface area contributed by atoms with E-state index in [2.05, 4.69) is 23.0 Å². The first-order chi connectivity index (χ1) is 10.1. The van der Waals surface area contributed by atoms with Crippen LogP contribution in [0.15, 0.2) is 48.5 Å². The zero-order chi connectivity index (χ0) is 14.8. The second-order valence-electron chi connectivity index (χ2n) is 5.12. The highest BCUT2D eigenvalue weighted by Crippen LogP contribution is 2.23. The lowest BCUT2D eigenvalue weighted by Gasteiger charge is -1.99. The first-order valence-corrected chi connectivity index (χ1v) is 6.88. The highest BCUT2D eigenvalue weighted by Gasteiger charge is 2.06. The molecule has 3 aromatic rings. The number of allylic oxidation sites excluding steroid dienone is 1. The summed E-state index contributed by atoms with van der Waals surface area (Å²) >= 11 is 0. The van der Waals surface area contributed by atoms with Gasteiger partial charge in [-0.1, -0.05) is 36.4 Å². The number of nitrogens with one attached hydrogen (secondary N) is 1. The molecule has 0 amide bonds. The van der Waals surface area contributed by atoms with Gasteiger partial charge in [-0.25, -0.2) is 4.98 Å². The maximum atomic E-state index is 11.0. The van der Waals surface area contributed by atoms with Gasteiger partial charge in [-0.3, -0.25) is 4.79 Å². The average Bonchev–Trinajstić information content (AvgIpc) is 2.91. The molecule has 0 aliphatic heterocycles. The molecular formula is C18H16N2O. The van der Waals surface area contributed by atoms with Crippen LogP contribution in [-0.4, -0.2) is 15.8 Å². The van der Waals surface area contributed by atoms with Gasteiger partial charge in [-0.15, -0.1) is 0 Å². The van der Waals surface area contributed by atoms with Crippen molar-refractivity contribution < 1.29 is 4.79 Å². The number of hydrogen-bond donors (Lipinski definition) is 1. The van der Waals surface area contributed by atoms with Crippen LogP contribution >= 0.6 is 0 Å². The number of H-pyrrole nitrogens is 1. The topological polar surface area (TPSA) is 45.8 Å². The Labute approximate surface area is 123 Å². The highest BCUT2D eigenvalue weighted by molar-refractivity contribution is 5.91. The van der Waals surface area contributed by atoms with Gasteiger partial charge >= 0.3 is 0 Å². The highest BCUT2D eigenvalue weighted by atomic mass is 16.1. The Kier molecular flexibility index (Phi) is 3.40. The molecule has 0 radical (unpaired) electrons. The Balaban J connectivity index is 2.04. The second-order valence-corrected chi connectivity index (χ2v) is 5.12. The molecule has 3 rings (SSSR count). The third-order valence-corrected chi connectivity index (χ3v) is 3.40. The number of carbonyl (C=O) groups excluding carboxylic acids is 1. The normalized spacial score (nSPS) is 11.3. The molecule has 0 atom stereocenters. The van der Waals surface area contributed by atoms with Crippen LogP contribution in [0.2, 0.25) is 0 Å². The number of fused-ring (bicyclic) bond motifs is 1. The van der Waals surface area contributed by atoms with Crippen LogP contribution in [0.4, 0.5) is 0 Å². The van der Waals surface area contributed by atoms with Crippen LogP contribution in [-0.2, 0) is 4.79 Å². The van der Waals surface area contributed by atoms with E-state index >= 15 is 0 Å². The van der Waals surface area contributed by atoms with Crippen LogP contribution in [0.1, 0.15) is 18.1 Å². The van der Waals surface area contributed by atoms with Crippen LogP contribution < -0.4 is 0 Å². The lowest BCUT2D eigenvalue weighted by Crippen LogP contribution is -1.83. The fraction of sp³-hybridized carbons (Fsp3) is 0.111. The third kappa shape index (κ3) is 2.77. The Bertz CT molecular complexity index is 843. The minimum atomic E-state index is 0.0414. The number of para-hydroxylation sites is 1. The summed E-state index contributed by atoms with van der Waals surface area (Å²) in [6.07, 6.45) is 3.39. The summed E-state index contributed by atoms with van der Waals surface area (Å²) in [5, 5.41) is 0. The van der Waals surface area contributed by atoms with Gasteiger partial charge in [0.25, 0.3) is 0 Å². The summed E-state index contributed by atoms with van der Waals surface area (Å²) in [6, 6.07) is 14.0. The molecule has 0 fully saturated rings. The number of benzene rings is 2. The fourth-order valence-corrected chi connectivity index (χ4v) is 2.31. The molecule has 0 spiro atoms. The van der Waals surface area contributed by atoms with Gasteiger partial charge in [0.15, 0.2) is 5.78 Å². The molecule has 0 saturated heterocycles. The zero-order valence-corrected chi connectivity index (χ0v) is 12.1. The summed E-state index contributed by atoms with van der Waals surface area (Å²) in [6.45, 7) is 3.61. The van der Waals surface area contributed by atoms with Gasteiger partial charge < -0.3 is 4.98 Å². The number of rotatable bonds is 3. The van der Waals surface area contributed by atoms with Gasteiger partial charge in [-0.2, -0.15) is 0 Å². The number of imidazole rings is 1. The number of hydrogen-bond acceptors (Lipinski definition) is 2. The Morgan fingerprint density at radius 3 is 2.76 bits per heavy atom. The molecule has 0 aliphatic rings. The van der Waals surface area contributed by atoms with Crippen molar-refractivity contribution in [3.8, 4) is 11.4 Å². The molecular weight excluding hydrogens is 260 g/mol. The van der Waals surface area contributed by atoms with E-state index in [0.717, 1.165) is 28.0 Å². The van der Waals surface area contributed by atoms with Gasteiger partial charge in [0.2, 0.25) is 0 Å². The first kappa shape index (κ1) is 13.3. The van der Waals surface area contributed by atoms with E-state index in [1.807, 2.05) is 42.5 Å². The van der Waals surface area contributed by atoms with Gasteiger partial charge in [0.05, 0.1) is 11.0 Å². The second kappa shape index (κ2) is 5.37. The molecule has 0 unspecified atom stereocenters. The number of aromatic amines is 1. The standard InChI is InChI=1S/C18H16N2O/c1-12-5-3-8-16-17(12)20-18(19-16)15-7-4-6-14(11-15)10-9-13(2)21/h3-11H,1-2H3,(H,19,20)/b10-9+. The predicted molar refractivity (Wildman–Crippen MR) is 86.0 cm³/mol. The predicted octanol–water partition coefficient (Wildman–Crippen LogP) is 4.14. The minimum Gasteiger partial charge on any atom is -0.338 e. The Morgan fingerprint density at radius 1 is 1.19 bits per heavy atom. The average molecular weight is 276 g/mol. The lowest BCUT2D eigenvalue weighted by molar-refractivity contribution is -0.112.